The number of hydrogen-bond donors (Lipinski definition) is 1. The molecule has 0 aliphatic carbocycles. The molecule has 0 radical (unpaired) electrons. The summed E-state index contributed by atoms with van der Waals surface area (Å²) in [7, 11) is 0. The molecule has 0 atom stereocenters. The van der Waals surface area contributed by atoms with Gasteiger partial charge in [0.1, 0.15) is 6.54 Å². The van der Waals surface area contributed by atoms with Gasteiger partial charge in [-0.1, -0.05) is 51.5 Å². The minimum absolute atomic E-state index is 0.680. The van der Waals surface area contributed by atoms with Gasteiger partial charge in [0.2, 0.25) is 0 Å². The van der Waals surface area contributed by atoms with Crippen molar-refractivity contribution in [2.75, 3.05) is 19.8 Å². The molecule has 0 aliphatic rings. The number of nitrogens with one attached hydrogen (secondary N) is 1. The Morgan fingerprint density at radius 3 is 2.19 bits per heavy atom. The van der Waals surface area contributed by atoms with Gasteiger partial charge in [-0.25, -0.2) is 0 Å². The van der Waals surface area contributed by atoms with Crippen molar-refractivity contribution in [3.8, 4) is 0 Å². The van der Waals surface area contributed by atoms with Gasteiger partial charge in [0, 0.05) is 13.2 Å². The molecule has 0 spiro atoms. The number of allylic oxidation sites excluding steroid dienone is 1. The van der Waals surface area contributed by atoms with Crippen LogP contribution in [0.3, 0.4) is 0 Å². The minimum Gasteiger partial charge on any atom is -0.383 e. The first-order valence-corrected chi connectivity index (χ1v) is 8.09. The summed E-state index contributed by atoms with van der Waals surface area (Å²) < 4.78 is 40.9. The Morgan fingerprint density at radius 1 is 0.905 bits per heavy atom. The van der Waals surface area contributed by atoms with Crippen molar-refractivity contribution in [1.82, 2.24) is 5.32 Å². The van der Waals surface area contributed by atoms with Crippen LogP contribution in [-0.4, -0.2) is 25.9 Å². The molecule has 0 unspecified atom stereocenters. The highest BCUT2D eigenvalue weighted by Crippen LogP contribution is 2.12. The van der Waals surface area contributed by atoms with Gasteiger partial charge in [0.25, 0.3) is 0 Å². The quantitative estimate of drug-likeness (QED) is 0.445. The summed E-state index contributed by atoms with van der Waals surface area (Å²) >= 11 is 0. The van der Waals surface area contributed by atoms with Crippen LogP contribution < -0.4 is 5.32 Å². The number of unbranched alkanes of at least 4 members (excludes halogenated alkanes) is 7. The van der Waals surface area contributed by atoms with E-state index in [1.807, 2.05) is 0 Å². The van der Waals surface area contributed by atoms with Crippen molar-refractivity contribution in [1.29, 1.82) is 0 Å². The van der Waals surface area contributed by atoms with Crippen molar-refractivity contribution in [2.45, 2.75) is 70.9 Å². The van der Waals surface area contributed by atoms with Crippen molar-refractivity contribution >= 4 is 0 Å². The molecule has 0 saturated carbocycles. The van der Waals surface area contributed by atoms with Gasteiger partial charge in [0.05, 0.1) is 0 Å². The van der Waals surface area contributed by atoms with Crippen molar-refractivity contribution in [2.24, 2.45) is 0 Å². The molecule has 0 saturated heterocycles. The lowest BCUT2D eigenvalue weighted by atomic mass is 10.1. The molecule has 0 fully saturated rings. The first kappa shape index (κ1) is 20.3. The van der Waals surface area contributed by atoms with Gasteiger partial charge in [-0.2, -0.15) is 13.2 Å². The molecule has 0 aromatic carbocycles. The van der Waals surface area contributed by atoms with E-state index in [0.717, 1.165) is 25.9 Å². The van der Waals surface area contributed by atoms with Gasteiger partial charge in [-0.05, 0) is 25.5 Å². The molecule has 1 N–H and O–H groups in total. The molecule has 21 heavy (non-hydrogen) atoms. The predicted octanol–water partition coefficient (Wildman–Crippen LogP) is 5.20. The Balaban J connectivity index is 3.10. The van der Waals surface area contributed by atoms with E-state index in [-0.39, 0.29) is 0 Å². The lowest BCUT2D eigenvalue weighted by molar-refractivity contribution is -0.122. The maximum atomic E-state index is 11.8. The van der Waals surface area contributed by atoms with Crippen molar-refractivity contribution < 1.29 is 17.9 Å². The fraction of sp³-hybridized carbons (Fsp3) is 0.875. The molecule has 0 aromatic heterocycles. The smallest absolute Gasteiger partial charge is 0.383 e. The van der Waals surface area contributed by atoms with Crippen molar-refractivity contribution in [3.63, 3.8) is 0 Å². The summed E-state index contributed by atoms with van der Waals surface area (Å²) in [6, 6.07) is 0. The Kier molecular flexibility index (Phi) is 13.8. The predicted molar refractivity (Wildman–Crippen MR) is 81.2 cm³/mol. The second-order valence-electron chi connectivity index (χ2n) is 5.27. The SMILES string of the molecule is CCCCCCCCCOCCC/C=C/NCC(F)(F)F. The fourth-order valence-corrected chi connectivity index (χ4v) is 1.91. The zero-order valence-electron chi connectivity index (χ0n) is 13.2. The maximum absolute atomic E-state index is 11.8. The molecular formula is C16H30F3NO. The third-order valence-electron chi connectivity index (χ3n) is 3.09. The zero-order chi connectivity index (χ0) is 15.8. The van der Waals surface area contributed by atoms with Gasteiger partial charge < -0.3 is 10.1 Å². The summed E-state index contributed by atoms with van der Waals surface area (Å²) in [5.41, 5.74) is 0. The molecule has 0 aliphatic heterocycles. The number of rotatable bonds is 14. The summed E-state index contributed by atoms with van der Waals surface area (Å²) in [5, 5.41) is 2.22. The number of hydrogen-bond acceptors (Lipinski definition) is 2. The summed E-state index contributed by atoms with van der Waals surface area (Å²) in [6.07, 6.45) is 9.41. The van der Waals surface area contributed by atoms with E-state index < -0.39 is 12.7 Å². The Morgan fingerprint density at radius 2 is 1.52 bits per heavy atom. The largest absolute Gasteiger partial charge is 0.405 e. The van der Waals surface area contributed by atoms with Gasteiger partial charge in [-0.3, -0.25) is 0 Å². The summed E-state index contributed by atoms with van der Waals surface area (Å²) in [4.78, 5) is 0. The molecule has 0 amide bonds. The number of ether oxygens (including phenoxy) is 1. The van der Waals surface area contributed by atoms with Crippen LogP contribution in [-0.2, 0) is 4.74 Å². The summed E-state index contributed by atoms with van der Waals surface area (Å²) in [6.45, 7) is 2.72. The third kappa shape index (κ3) is 19.3. The topological polar surface area (TPSA) is 21.3 Å². The Hall–Kier alpha value is -0.710. The van der Waals surface area contributed by atoms with Gasteiger partial charge in [0.15, 0.2) is 0 Å². The summed E-state index contributed by atoms with van der Waals surface area (Å²) in [5.74, 6) is 0. The Bertz CT molecular complexity index is 242. The molecule has 0 bridgehead atoms. The Labute approximate surface area is 127 Å². The van der Waals surface area contributed by atoms with E-state index in [4.69, 9.17) is 4.74 Å². The van der Waals surface area contributed by atoms with Crippen LogP contribution in [0, 0.1) is 0 Å². The van der Waals surface area contributed by atoms with Crippen LogP contribution in [0.4, 0.5) is 13.2 Å². The average molecular weight is 309 g/mol. The van der Waals surface area contributed by atoms with Crippen LogP contribution in [0.1, 0.15) is 64.7 Å². The first-order chi connectivity index (χ1) is 10.1. The van der Waals surface area contributed by atoms with Gasteiger partial charge in [-0.15, -0.1) is 0 Å². The normalized spacial score (nSPS) is 12.2. The maximum Gasteiger partial charge on any atom is 0.405 e. The molecule has 0 heterocycles. The third-order valence-corrected chi connectivity index (χ3v) is 3.09. The molecule has 126 valence electrons. The van der Waals surface area contributed by atoms with Crippen molar-refractivity contribution in [3.05, 3.63) is 12.3 Å². The highest BCUT2D eigenvalue weighted by molar-refractivity contribution is 4.80. The second kappa shape index (κ2) is 14.2. The lowest BCUT2D eigenvalue weighted by Gasteiger charge is -2.05. The lowest BCUT2D eigenvalue weighted by Crippen LogP contribution is -2.24. The number of alkyl halides is 3. The van der Waals surface area contributed by atoms with E-state index >= 15 is 0 Å². The first-order valence-electron chi connectivity index (χ1n) is 8.09. The minimum atomic E-state index is -4.15. The fourth-order valence-electron chi connectivity index (χ4n) is 1.91. The molecule has 0 aromatic rings. The van der Waals surface area contributed by atoms with E-state index in [9.17, 15) is 13.2 Å². The molecular weight excluding hydrogens is 279 g/mol. The molecule has 5 heteroatoms. The van der Waals surface area contributed by atoms with E-state index in [1.165, 1.54) is 44.7 Å². The number of halogens is 3. The van der Waals surface area contributed by atoms with Crippen LogP contribution in [0.2, 0.25) is 0 Å². The average Bonchev–Trinajstić information content (AvgIpc) is 2.42. The van der Waals surface area contributed by atoms with E-state index in [1.54, 1.807) is 6.08 Å². The highest BCUT2D eigenvalue weighted by atomic mass is 19.4. The molecule has 2 nitrogen and oxygen atoms in total. The van der Waals surface area contributed by atoms with Crippen LogP contribution >= 0.6 is 0 Å². The highest BCUT2D eigenvalue weighted by Gasteiger charge is 2.25. The zero-order valence-corrected chi connectivity index (χ0v) is 13.2. The van der Waals surface area contributed by atoms with Gasteiger partial charge >= 0.3 is 6.18 Å². The van der Waals surface area contributed by atoms with Crippen LogP contribution in [0.15, 0.2) is 12.3 Å². The monoisotopic (exact) mass is 309 g/mol. The van der Waals surface area contributed by atoms with E-state index in [0.29, 0.717) is 6.61 Å². The van der Waals surface area contributed by atoms with Crippen LogP contribution in [0.25, 0.3) is 0 Å². The second-order valence-corrected chi connectivity index (χ2v) is 5.27. The van der Waals surface area contributed by atoms with Crippen LogP contribution in [0.5, 0.6) is 0 Å². The molecule has 0 rings (SSSR count). The van der Waals surface area contributed by atoms with E-state index in [2.05, 4.69) is 12.2 Å². The standard InChI is InChI=1S/C16H30F3NO/c1-2-3-4-5-6-7-10-13-21-14-11-8-9-12-20-15-16(17,18)19/h9,12,20H,2-8,10-11,13-15H2,1H3/b12-9+.